The average molecular weight is 514 g/mol. The van der Waals surface area contributed by atoms with Gasteiger partial charge < -0.3 is 10.2 Å². The van der Waals surface area contributed by atoms with Gasteiger partial charge in [-0.3, -0.25) is 19.1 Å². The Kier molecular flexibility index (Phi) is 6.03. The number of dihydropyridines is 1. The van der Waals surface area contributed by atoms with Gasteiger partial charge in [-0.15, -0.1) is 0 Å². The largest absolute Gasteiger partial charge is 0.351 e. The third kappa shape index (κ3) is 4.51. The molecule has 2 aliphatic heterocycles. The van der Waals surface area contributed by atoms with Gasteiger partial charge in [-0.05, 0) is 32.1 Å². The summed E-state index contributed by atoms with van der Waals surface area (Å²) in [6.07, 6.45) is 3.56. The molecule has 4 rings (SSSR count). The van der Waals surface area contributed by atoms with Gasteiger partial charge in [0.15, 0.2) is 0 Å². The quantitative estimate of drug-likeness (QED) is 0.676. The number of fused-ring (bicyclic) bond motifs is 1. The standard InChI is InChI=1S/C24H28BrN5O3/c1-13-6-14(2)28-22(32)18(13)9-26-21(31)17-7-15(25)8-20-19(17)10-27-30(20)16-11-29(12-16)23(33)24(3,4)5/h6-8,10,16,18H,9,11-12H2,1-5H3,(H,26,31). The molecule has 8 nitrogen and oxygen atoms in total. The van der Waals surface area contributed by atoms with Gasteiger partial charge in [0.05, 0.1) is 29.2 Å². The molecular formula is C24H28BrN5O3. The van der Waals surface area contributed by atoms with Gasteiger partial charge in [-0.1, -0.05) is 42.3 Å². The summed E-state index contributed by atoms with van der Waals surface area (Å²) in [7, 11) is 0. The van der Waals surface area contributed by atoms with Crippen molar-refractivity contribution in [1.82, 2.24) is 20.0 Å². The molecule has 174 valence electrons. The first kappa shape index (κ1) is 23.4. The lowest BCUT2D eigenvalue weighted by molar-refractivity contribution is -0.145. The summed E-state index contributed by atoms with van der Waals surface area (Å²) in [5.74, 6) is -0.841. The number of nitrogens with one attached hydrogen (secondary N) is 1. The highest BCUT2D eigenvalue weighted by molar-refractivity contribution is 9.10. The molecule has 9 heteroatoms. The lowest BCUT2D eigenvalue weighted by Gasteiger charge is -2.42. The van der Waals surface area contributed by atoms with Gasteiger partial charge in [-0.25, -0.2) is 4.99 Å². The fourth-order valence-corrected chi connectivity index (χ4v) is 4.73. The number of benzene rings is 1. The minimum absolute atomic E-state index is 0.0627. The van der Waals surface area contributed by atoms with Crippen molar-refractivity contribution in [3.8, 4) is 0 Å². The Morgan fingerprint density at radius 2 is 1.91 bits per heavy atom. The Morgan fingerprint density at radius 1 is 1.21 bits per heavy atom. The third-order valence-electron chi connectivity index (χ3n) is 6.10. The maximum Gasteiger partial charge on any atom is 0.254 e. The number of amides is 3. The first-order valence-corrected chi connectivity index (χ1v) is 11.8. The van der Waals surface area contributed by atoms with Crippen molar-refractivity contribution < 1.29 is 14.4 Å². The Balaban J connectivity index is 1.51. The number of allylic oxidation sites excluding steroid dienone is 1. The molecule has 2 aromatic rings. The minimum atomic E-state index is -0.454. The molecule has 33 heavy (non-hydrogen) atoms. The molecular weight excluding hydrogens is 486 g/mol. The van der Waals surface area contributed by atoms with Crippen LogP contribution in [-0.2, 0) is 9.59 Å². The van der Waals surface area contributed by atoms with Crippen LogP contribution in [0.15, 0.2) is 39.4 Å². The summed E-state index contributed by atoms with van der Waals surface area (Å²) < 4.78 is 2.65. The van der Waals surface area contributed by atoms with Crippen LogP contribution in [0.4, 0.5) is 0 Å². The number of rotatable bonds is 4. The first-order valence-electron chi connectivity index (χ1n) is 11.0. The molecule has 0 aliphatic carbocycles. The predicted octanol–water partition coefficient (Wildman–Crippen LogP) is 3.52. The average Bonchev–Trinajstić information content (AvgIpc) is 3.07. The van der Waals surface area contributed by atoms with Crippen LogP contribution >= 0.6 is 15.9 Å². The van der Waals surface area contributed by atoms with Gasteiger partial charge in [0.1, 0.15) is 0 Å². The summed E-state index contributed by atoms with van der Waals surface area (Å²) >= 11 is 3.51. The second-order valence-electron chi connectivity index (χ2n) is 9.83. The SMILES string of the molecule is CC1=CC(C)=NC(=O)C1CNC(=O)c1cc(Br)cc2c1cnn2C1CN(C(=O)C(C)(C)C)C1. The van der Waals surface area contributed by atoms with Crippen LogP contribution in [0.5, 0.6) is 0 Å². The zero-order valence-electron chi connectivity index (χ0n) is 19.5. The molecule has 2 aliphatic rings. The maximum absolute atomic E-state index is 13.1. The van der Waals surface area contributed by atoms with Crippen LogP contribution in [0.3, 0.4) is 0 Å². The number of hydrogen-bond donors (Lipinski definition) is 1. The molecule has 1 saturated heterocycles. The van der Waals surface area contributed by atoms with E-state index in [1.807, 2.05) is 49.4 Å². The molecule has 3 heterocycles. The van der Waals surface area contributed by atoms with E-state index in [-0.39, 0.29) is 30.3 Å². The second-order valence-corrected chi connectivity index (χ2v) is 10.7. The van der Waals surface area contributed by atoms with E-state index < -0.39 is 11.3 Å². The van der Waals surface area contributed by atoms with Crippen LogP contribution in [-0.4, -0.2) is 57.7 Å². The van der Waals surface area contributed by atoms with Crippen LogP contribution in [0.2, 0.25) is 0 Å². The lowest BCUT2D eigenvalue weighted by Crippen LogP contribution is -2.54. The second kappa shape index (κ2) is 8.52. The Labute approximate surface area is 201 Å². The fraction of sp³-hybridized carbons (Fsp3) is 0.458. The number of carbonyl (C=O) groups excluding carboxylic acids is 3. The number of hydrogen-bond acceptors (Lipinski definition) is 4. The fourth-order valence-electron chi connectivity index (χ4n) is 4.29. The molecule has 0 saturated carbocycles. The molecule has 0 radical (unpaired) electrons. The number of carbonyl (C=O) groups is 3. The highest BCUT2D eigenvalue weighted by atomic mass is 79.9. The first-order chi connectivity index (χ1) is 15.5. The molecule has 0 spiro atoms. The highest BCUT2D eigenvalue weighted by Crippen LogP contribution is 2.32. The van der Waals surface area contributed by atoms with Crippen molar-refractivity contribution in [3.63, 3.8) is 0 Å². The smallest absolute Gasteiger partial charge is 0.254 e. The summed E-state index contributed by atoms with van der Waals surface area (Å²) in [5.41, 5.74) is 2.46. The normalized spacial score (nSPS) is 19.3. The molecule has 1 N–H and O–H groups in total. The van der Waals surface area contributed by atoms with E-state index in [9.17, 15) is 14.4 Å². The van der Waals surface area contributed by atoms with Crippen molar-refractivity contribution in [2.45, 2.75) is 40.7 Å². The lowest BCUT2D eigenvalue weighted by atomic mass is 9.92. The Bertz CT molecular complexity index is 1210. The van der Waals surface area contributed by atoms with Crippen LogP contribution < -0.4 is 5.32 Å². The van der Waals surface area contributed by atoms with E-state index in [2.05, 4.69) is 31.3 Å². The van der Waals surface area contributed by atoms with Crippen molar-refractivity contribution >= 4 is 50.3 Å². The van der Waals surface area contributed by atoms with Crippen molar-refractivity contribution in [3.05, 3.63) is 40.0 Å². The number of nitrogens with zero attached hydrogens (tertiary/aromatic N) is 4. The minimum Gasteiger partial charge on any atom is -0.351 e. The molecule has 1 atom stereocenters. The van der Waals surface area contributed by atoms with E-state index in [0.29, 0.717) is 24.4 Å². The summed E-state index contributed by atoms with van der Waals surface area (Å²) in [6, 6.07) is 3.75. The molecule has 3 amide bonds. The van der Waals surface area contributed by atoms with Gasteiger partial charge in [0.2, 0.25) is 5.91 Å². The van der Waals surface area contributed by atoms with Crippen LogP contribution in [0.25, 0.3) is 10.9 Å². The van der Waals surface area contributed by atoms with Gasteiger partial charge in [-0.2, -0.15) is 5.10 Å². The van der Waals surface area contributed by atoms with Gasteiger partial charge in [0.25, 0.3) is 11.8 Å². The topological polar surface area (TPSA) is 96.7 Å². The molecule has 1 aromatic carbocycles. The molecule has 0 bridgehead atoms. The third-order valence-corrected chi connectivity index (χ3v) is 6.56. The van der Waals surface area contributed by atoms with Gasteiger partial charge in [0, 0.05) is 40.6 Å². The van der Waals surface area contributed by atoms with E-state index in [1.54, 1.807) is 19.2 Å². The summed E-state index contributed by atoms with van der Waals surface area (Å²) in [4.78, 5) is 43.6. The number of halogens is 1. The summed E-state index contributed by atoms with van der Waals surface area (Å²) in [5, 5.41) is 8.15. The van der Waals surface area contributed by atoms with Crippen molar-refractivity contribution in [1.29, 1.82) is 0 Å². The molecule has 1 aromatic heterocycles. The summed E-state index contributed by atoms with van der Waals surface area (Å²) in [6.45, 7) is 10.8. The van der Waals surface area contributed by atoms with Crippen LogP contribution in [0.1, 0.15) is 51.0 Å². The van der Waals surface area contributed by atoms with Crippen molar-refractivity contribution in [2.24, 2.45) is 16.3 Å². The monoisotopic (exact) mass is 513 g/mol. The van der Waals surface area contributed by atoms with E-state index >= 15 is 0 Å². The zero-order valence-corrected chi connectivity index (χ0v) is 21.1. The Hall–Kier alpha value is -2.81. The highest BCUT2D eigenvalue weighted by Gasteiger charge is 2.38. The van der Waals surface area contributed by atoms with E-state index in [4.69, 9.17) is 0 Å². The van der Waals surface area contributed by atoms with E-state index in [1.165, 1.54) is 0 Å². The number of aromatic nitrogens is 2. The Morgan fingerprint density at radius 3 is 2.55 bits per heavy atom. The van der Waals surface area contributed by atoms with Crippen molar-refractivity contribution in [2.75, 3.05) is 19.6 Å². The maximum atomic E-state index is 13.1. The number of likely N-dealkylation sites (tertiary alicyclic amines) is 1. The number of aliphatic imine (C=N–C) groups is 1. The van der Waals surface area contributed by atoms with Crippen LogP contribution in [0, 0.1) is 11.3 Å². The van der Waals surface area contributed by atoms with Gasteiger partial charge >= 0.3 is 0 Å². The molecule has 1 unspecified atom stereocenters. The zero-order chi connectivity index (χ0) is 24.1. The molecule has 1 fully saturated rings. The van der Waals surface area contributed by atoms with E-state index in [0.717, 1.165) is 20.9 Å². The predicted molar refractivity (Wildman–Crippen MR) is 130 cm³/mol.